The number of ether oxygens (including phenoxy) is 2. The Morgan fingerprint density at radius 3 is 2.62 bits per heavy atom. The zero-order valence-electron chi connectivity index (χ0n) is 13.6. The molecule has 0 aliphatic heterocycles. The highest BCUT2D eigenvalue weighted by molar-refractivity contribution is 6.04. The fraction of sp³-hybridized carbons (Fsp3) is 0.235. The third kappa shape index (κ3) is 5.37. The minimum absolute atomic E-state index is 0.106. The SMILES string of the molecule is CCOc1ccc(C#N)cc1NC(=O)c1ccc(OCC(F)(F)F)nc1. The van der Waals surface area contributed by atoms with Crippen LogP contribution in [0.2, 0.25) is 0 Å². The first-order valence-electron chi connectivity index (χ1n) is 7.46. The molecule has 136 valence electrons. The van der Waals surface area contributed by atoms with Gasteiger partial charge in [-0.2, -0.15) is 18.4 Å². The molecule has 0 spiro atoms. The van der Waals surface area contributed by atoms with E-state index in [0.29, 0.717) is 23.6 Å². The number of nitrogens with one attached hydrogen (secondary N) is 1. The summed E-state index contributed by atoms with van der Waals surface area (Å²) in [7, 11) is 0. The van der Waals surface area contributed by atoms with Crippen LogP contribution in [0.4, 0.5) is 18.9 Å². The molecule has 1 heterocycles. The summed E-state index contributed by atoms with van der Waals surface area (Å²) in [5, 5.41) is 11.6. The molecule has 6 nitrogen and oxygen atoms in total. The molecule has 0 radical (unpaired) electrons. The minimum atomic E-state index is -4.47. The monoisotopic (exact) mass is 365 g/mol. The number of aromatic nitrogens is 1. The number of carbonyl (C=O) groups is 1. The molecule has 9 heteroatoms. The van der Waals surface area contributed by atoms with Gasteiger partial charge >= 0.3 is 6.18 Å². The average molecular weight is 365 g/mol. The van der Waals surface area contributed by atoms with Gasteiger partial charge in [0.2, 0.25) is 5.88 Å². The summed E-state index contributed by atoms with van der Waals surface area (Å²) in [6, 6.07) is 8.96. The molecule has 0 saturated carbocycles. The summed E-state index contributed by atoms with van der Waals surface area (Å²) in [5.41, 5.74) is 0.736. The smallest absolute Gasteiger partial charge is 0.422 e. The van der Waals surface area contributed by atoms with Gasteiger partial charge in [0.15, 0.2) is 6.61 Å². The van der Waals surface area contributed by atoms with E-state index in [2.05, 4.69) is 15.0 Å². The van der Waals surface area contributed by atoms with E-state index in [-0.39, 0.29) is 11.4 Å². The summed E-state index contributed by atoms with van der Waals surface area (Å²) < 4.78 is 46.2. The number of hydrogen-bond acceptors (Lipinski definition) is 5. The maximum atomic E-state index is 12.3. The molecular formula is C17H14F3N3O3. The van der Waals surface area contributed by atoms with Gasteiger partial charge in [-0.25, -0.2) is 4.98 Å². The molecule has 0 aliphatic rings. The fourth-order valence-electron chi connectivity index (χ4n) is 1.93. The van der Waals surface area contributed by atoms with Crippen molar-refractivity contribution in [1.29, 1.82) is 5.26 Å². The number of hydrogen-bond donors (Lipinski definition) is 1. The van der Waals surface area contributed by atoms with Crippen molar-refractivity contribution in [1.82, 2.24) is 4.98 Å². The van der Waals surface area contributed by atoms with Crippen molar-refractivity contribution in [3.63, 3.8) is 0 Å². The second-order valence-corrected chi connectivity index (χ2v) is 5.00. The molecule has 0 unspecified atom stereocenters. The standard InChI is InChI=1S/C17H14F3N3O3/c1-2-25-14-5-3-11(8-21)7-13(14)23-16(24)12-4-6-15(22-9-12)26-10-17(18,19)20/h3-7,9H,2,10H2,1H3,(H,23,24). The quantitative estimate of drug-likeness (QED) is 0.846. The van der Waals surface area contributed by atoms with Gasteiger partial charge in [-0.05, 0) is 31.2 Å². The van der Waals surface area contributed by atoms with E-state index in [1.54, 1.807) is 19.1 Å². The van der Waals surface area contributed by atoms with Crippen LogP contribution in [0.15, 0.2) is 36.5 Å². The number of amides is 1. The van der Waals surface area contributed by atoms with Crippen molar-refractivity contribution in [3.05, 3.63) is 47.7 Å². The van der Waals surface area contributed by atoms with Crippen molar-refractivity contribution in [3.8, 4) is 17.7 Å². The maximum absolute atomic E-state index is 12.3. The number of nitrogens with zero attached hydrogens (tertiary/aromatic N) is 2. The number of pyridine rings is 1. The number of carbonyl (C=O) groups excluding carboxylic acids is 1. The van der Waals surface area contributed by atoms with Gasteiger partial charge in [-0.3, -0.25) is 4.79 Å². The van der Waals surface area contributed by atoms with E-state index in [0.717, 1.165) is 12.3 Å². The topological polar surface area (TPSA) is 84.2 Å². The van der Waals surface area contributed by atoms with Gasteiger partial charge in [0.1, 0.15) is 5.75 Å². The third-order valence-electron chi connectivity index (χ3n) is 3.04. The highest BCUT2D eigenvalue weighted by atomic mass is 19.4. The van der Waals surface area contributed by atoms with Crippen LogP contribution < -0.4 is 14.8 Å². The van der Waals surface area contributed by atoms with Crippen LogP contribution >= 0.6 is 0 Å². The zero-order valence-corrected chi connectivity index (χ0v) is 13.6. The van der Waals surface area contributed by atoms with E-state index in [4.69, 9.17) is 10.00 Å². The molecule has 1 aromatic carbocycles. The Kier molecular flexibility index (Phi) is 6.01. The predicted molar refractivity (Wildman–Crippen MR) is 86.1 cm³/mol. The largest absolute Gasteiger partial charge is 0.492 e. The van der Waals surface area contributed by atoms with Crippen LogP contribution in [0.3, 0.4) is 0 Å². The molecule has 1 N–H and O–H groups in total. The van der Waals surface area contributed by atoms with Crippen molar-refractivity contribution in [2.45, 2.75) is 13.1 Å². The molecule has 0 aliphatic carbocycles. The van der Waals surface area contributed by atoms with Crippen LogP contribution in [-0.2, 0) is 0 Å². The number of rotatable bonds is 6. The molecule has 2 rings (SSSR count). The lowest BCUT2D eigenvalue weighted by Gasteiger charge is -2.12. The minimum Gasteiger partial charge on any atom is -0.492 e. The average Bonchev–Trinajstić information content (AvgIpc) is 2.61. The first kappa shape index (κ1) is 19.1. The van der Waals surface area contributed by atoms with Gasteiger partial charge in [0.25, 0.3) is 5.91 Å². The van der Waals surface area contributed by atoms with E-state index < -0.39 is 18.7 Å². The highest BCUT2D eigenvalue weighted by Crippen LogP contribution is 2.26. The predicted octanol–water partition coefficient (Wildman–Crippen LogP) is 3.55. The van der Waals surface area contributed by atoms with Crippen LogP contribution in [-0.4, -0.2) is 30.3 Å². The summed E-state index contributed by atoms with van der Waals surface area (Å²) in [6.07, 6.45) is -3.38. The Labute approximate surface area is 147 Å². The van der Waals surface area contributed by atoms with Gasteiger partial charge in [0, 0.05) is 12.3 Å². The lowest BCUT2D eigenvalue weighted by molar-refractivity contribution is -0.154. The first-order valence-corrected chi connectivity index (χ1v) is 7.46. The normalized spacial score (nSPS) is 10.7. The number of nitriles is 1. The second kappa shape index (κ2) is 8.20. The number of halogens is 3. The zero-order chi connectivity index (χ0) is 19.2. The molecule has 0 atom stereocenters. The Morgan fingerprint density at radius 1 is 1.27 bits per heavy atom. The molecular weight excluding hydrogens is 351 g/mol. The lowest BCUT2D eigenvalue weighted by atomic mass is 10.2. The molecule has 2 aromatic rings. The van der Waals surface area contributed by atoms with Crippen molar-refractivity contribution >= 4 is 11.6 Å². The van der Waals surface area contributed by atoms with Crippen LogP contribution in [0.5, 0.6) is 11.6 Å². The van der Waals surface area contributed by atoms with E-state index >= 15 is 0 Å². The van der Waals surface area contributed by atoms with Gasteiger partial charge in [0.05, 0.1) is 29.5 Å². The summed E-state index contributed by atoms with van der Waals surface area (Å²) in [4.78, 5) is 16.0. The maximum Gasteiger partial charge on any atom is 0.422 e. The fourth-order valence-corrected chi connectivity index (χ4v) is 1.93. The Bertz CT molecular complexity index is 815. The second-order valence-electron chi connectivity index (χ2n) is 5.00. The molecule has 1 aromatic heterocycles. The number of anilines is 1. The van der Waals surface area contributed by atoms with Gasteiger partial charge in [-0.15, -0.1) is 0 Å². The van der Waals surface area contributed by atoms with Crippen molar-refractivity contribution in [2.24, 2.45) is 0 Å². The summed E-state index contributed by atoms with van der Waals surface area (Å²) >= 11 is 0. The van der Waals surface area contributed by atoms with Gasteiger partial charge < -0.3 is 14.8 Å². The van der Waals surface area contributed by atoms with Crippen LogP contribution in [0.25, 0.3) is 0 Å². The van der Waals surface area contributed by atoms with Crippen molar-refractivity contribution in [2.75, 3.05) is 18.5 Å². The lowest BCUT2D eigenvalue weighted by Crippen LogP contribution is -2.19. The molecule has 1 amide bonds. The van der Waals surface area contributed by atoms with E-state index in [1.807, 2.05) is 6.07 Å². The van der Waals surface area contributed by atoms with Gasteiger partial charge in [-0.1, -0.05) is 0 Å². The number of benzene rings is 1. The van der Waals surface area contributed by atoms with Crippen molar-refractivity contribution < 1.29 is 27.4 Å². The Hall–Kier alpha value is -3.28. The molecule has 0 fully saturated rings. The molecule has 0 bridgehead atoms. The Balaban J connectivity index is 2.11. The summed E-state index contributed by atoms with van der Waals surface area (Å²) in [6.45, 7) is 0.666. The van der Waals surface area contributed by atoms with E-state index in [1.165, 1.54) is 12.1 Å². The number of alkyl halides is 3. The van der Waals surface area contributed by atoms with Crippen LogP contribution in [0, 0.1) is 11.3 Å². The third-order valence-corrected chi connectivity index (χ3v) is 3.04. The Morgan fingerprint density at radius 2 is 2.04 bits per heavy atom. The molecule has 26 heavy (non-hydrogen) atoms. The first-order chi connectivity index (χ1) is 12.3. The molecule has 0 saturated heterocycles. The van der Waals surface area contributed by atoms with Crippen LogP contribution in [0.1, 0.15) is 22.8 Å². The highest BCUT2D eigenvalue weighted by Gasteiger charge is 2.28. The van der Waals surface area contributed by atoms with E-state index in [9.17, 15) is 18.0 Å². The summed E-state index contributed by atoms with van der Waals surface area (Å²) in [5.74, 6) is -0.422.